The predicted octanol–water partition coefficient (Wildman–Crippen LogP) is 2.10. The minimum absolute atomic E-state index is 0.0322. The highest BCUT2D eigenvalue weighted by Gasteiger charge is 2.24. The van der Waals surface area contributed by atoms with Gasteiger partial charge in [-0.15, -0.1) is 0 Å². The van der Waals surface area contributed by atoms with Gasteiger partial charge in [0, 0.05) is 25.3 Å². The van der Waals surface area contributed by atoms with Gasteiger partial charge >= 0.3 is 0 Å². The number of fused-ring (bicyclic) bond motifs is 2. The quantitative estimate of drug-likeness (QED) is 0.382. The van der Waals surface area contributed by atoms with Crippen molar-refractivity contribution >= 4 is 17.3 Å². The fraction of sp³-hybridized carbons (Fsp3) is 0.381. The molecule has 0 aromatic heterocycles. The molecule has 2 bridgehead atoms. The molecule has 0 spiro atoms. The average Bonchev–Trinajstić information content (AvgIpc) is 3.34. The normalized spacial score (nSPS) is 17.7. The van der Waals surface area contributed by atoms with Gasteiger partial charge in [0.2, 0.25) is 0 Å². The standard InChI is InChI=1S/C13H18N4O4.C8H8O/c1-21-12-7-10(14)11(17(19)20)6-9(12)13(18)16-8-2-4-15-5-3-8;1-9-8-6-2-3-7(8)5-4-6/h6-8,15H,2-5,14H2,1H3,(H,16,18);2-5,8H,1H3. The molecule has 1 saturated heterocycles. The lowest BCUT2D eigenvalue weighted by molar-refractivity contribution is -0.383. The summed E-state index contributed by atoms with van der Waals surface area (Å²) in [7, 11) is 3.13. The zero-order valence-corrected chi connectivity index (χ0v) is 17.0. The number of nitrogen functional groups attached to an aromatic ring is 1. The number of anilines is 1. The highest BCUT2D eigenvalue weighted by atomic mass is 16.6. The van der Waals surface area contributed by atoms with Crippen LogP contribution in [0.15, 0.2) is 47.6 Å². The van der Waals surface area contributed by atoms with Crippen molar-refractivity contribution in [1.82, 2.24) is 10.6 Å². The van der Waals surface area contributed by atoms with Gasteiger partial charge in [-0.2, -0.15) is 0 Å². The molecule has 0 radical (unpaired) electrons. The summed E-state index contributed by atoms with van der Waals surface area (Å²) in [4.78, 5) is 22.6. The Balaban J connectivity index is 0.000000234. The zero-order valence-electron chi connectivity index (χ0n) is 17.0. The number of allylic oxidation sites excluding steroid dienone is 2. The Bertz CT molecular complexity index is 894. The van der Waals surface area contributed by atoms with Gasteiger partial charge in [0.25, 0.3) is 11.6 Å². The predicted molar refractivity (Wildman–Crippen MR) is 114 cm³/mol. The number of nitrogens with zero attached hydrogens (tertiary/aromatic N) is 1. The van der Waals surface area contributed by atoms with E-state index in [0.717, 1.165) is 32.0 Å². The van der Waals surface area contributed by atoms with Crippen LogP contribution in [0.2, 0.25) is 0 Å². The maximum Gasteiger partial charge on any atom is 0.293 e. The third kappa shape index (κ3) is 4.69. The second kappa shape index (κ2) is 9.55. The monoisotopic (exact) mass is 414 g/mol. The Kier molecular flexibility index (Phi) is 6.86. The summed E-state index contributed by atoms with van der Waals surface area (Å²) in [6.07, 6.45) is 10.3. The molecule has 0 saturated carbocycles. The topological polar surface area (TPSA) is 129 Å². The first-order valence-electron chi connectivity index (χ1n) is 9.70. The van der Waals surface area contributed by atoms with Crippen LogP contribution in [0.25, 0.3) is 0 Å². The Morgan fingerprint density at radius 3 is 2.30 bits per heavy atom. The minimum atomic E-state index is -0.615. The number of hydrogen-bond acceptors (Lipinski definition) is 7. The van der Waals surface area contributed by atoms with Gasteiger partial charge in [-0.25, -0.2) is 0 Å². The van der Waals surface area contributed by atoms with Gasteiger partial charge < -0.3 is 25.8 Å². The molecule has 9 nitrogen and oxygen atoms in total. The van der Waals surface area contributed by atoms with Crippen molar-refractivity contribution in [3.05, 3.63) is 63.3 Å². The molecular weight excluding hydrogens is 388 g/mol. The van der Waals surface area contributed by atoms with Crippen molar-refractivity contribution in [3.63, 3.8) is 0 Å². The smallest absolute Gasteiger partial charge is 0.293 e. The van der Waals surface area contributed by atoms with Crippen molar-refractivity contribution in [2.75, 3.05) is 33.0 Å². The third-order valence-electron chi connectivity index (χ3n) is 5.24. The summed E-state index contributed by atoms with van der Waals surface area (Å²) < 4.78 is 10.3. The lowest BCUT2D eigenvalue weighted by Crippen LogP contribution is -2.42. The van der Waals surface area contributed by atoms with Crippen LogP contribution >= 0.6 is 0 Å². The number of benzene rings is 1. The van der Waals surface area contributed by atoms with Gasteiger partial charge in [0.05, 0.1) is 17.6 Å². The lowest BCUT2D eigenvalue weighted by Gasteiger charge is -2.24. The van der Waals surface area contributed by atoms with Crippen LogP contribution in [0.3, 0.4) is 0 Å². The molecular formula is C21H26N4O5. The van der Waals surface area contributed by atoms with Crippen molar-refractivity contribution in [1.29, 1.82) is 0 Å². The molecule has 160 valence electrons. The first-order chi connectivity index (χ1) is 14.4. The molecule has 3 aliphatic rings. The molecule has 1 aromatic carbocycles. The largest absolute Gasteiger partial charge is 0.496 e. The highest BCUT2D eigenvalue weighted by molar-refractivity contribution is 5.98. The number of hydrogen-bond donors (Lipinski definition) is 3. The number of amides is 1. The Labute approximate surface area is 174 Å². The molecule has 30 heavy (non-hydrogen) atoms. The molecule has 1 heterocycles. The Morgan fingerprint density at radius 2 is 1.83 bits per heavy atom. The van der Waals surface area contributed by atoms with E-state index in [1.54, 1.807) is 7.11 Å². The Hall–Kier alpha value is -3.17. The second-order valence-corrected chi connectivity index (χ2v) is 7.15. The van der Waals surface area contributed by atoms with Gasteiger partial charge in [0.15, 0.2) is 0 Å². The number of ether oxygens (including phenoxy) is 2. The van der Waals surface area contributed by atoms with Crippen molar-refractivity contribution in [2.24, 2.45) is 0 Å². The summed E-state index contributed by atoms with van der Waals surface area (Å²) in [5.74, 6) is -0.161. The molecule has 1 aromatic rings. The first kappa shape index (κ1) is 21.5. The molecule has 2 aliphatic carbocycles. The van der Waals surface area contributed by atoms with Crippen LogP contribution in [0.5, 0.6) is 5.75 Å². The molecule has 1 aliphatic heterocycles. The molecule has 4 rings (SSSR count). The van der Waals surface area contributed by atoms with Gasteiger partial charge in [0.1, 0.15) is 17.5 Å². The minimum Gasteiger partial charge on any atom is -0.496 e. The number of nitrogens with one attached hydrogen (secondary N) is 2. The van der Waals surface area contributed by atoms with E-state index >= 15 is 0 Å². The lowest BCUT2D eigenvalue weighted by atomic mass is 10.1. The number of carbonyl (C=O) groups is 1. The van der Waals surface area contributed by atoms with Crippen LogP contribution < -0.4 is 21.1 Å². The molecule has 0 atom stereocenters. The Morgan fingerprint density at radius 1 is 1.20 bits per heavy atom. The van der Waals surface area contributed by atoms with Gasteiger partial charge in [-0.1, -0.05) is 24.3 Å². The van der Waals surface area contributed by atoms with E-state index in [9.17, 15) is 14.9 Å². The van der Waals surface area contributed by atoms with E-state index in [2.05, 4.69) is 34.9 Å². The van der Waals surface area contributed by atoms with Crippen molar-refractivity contribution < 1.29 is 19.2 Å². The fourth-order valence-electron chi connectivity index (χ4n) is 3.63. The average molecular weight is 414 g/mol. The number of piperidine rings is 1. The van der Waals surface area contributed by atoms with Gasteiger partial charge in [-0.3, -0.25) is 14.9 Å². The summed E-state index contributed by atoms with van der Waals surface area (Å²) >= 11 is 0. The van der Waals surface area contributed by atoms with Crippen molar-refractivity contribution in [2.45, 2.75) is 25.0 Å². The summed E-state index contributed by atoms with van der Waals surface area (Å²) in [5.41, 5.74) is 7.95. The number of methoxy groups -OCH3 is 2. The number of nitro benzene ring substituents is 1. The number of carbonyl (C=O) groups excluding carboxylic acids is 1. The third-order valence-corrected chi connectivity index (χ3v) is 5.24. The fourth-order valence-corrected chi connectivity index (χ4v) is 3.63. The molecule has 4 N–H and O–H groups in total. The van der Waals surface area contributed by atoms with E-state index in [-0.39, 0.29) is 40.7 Å². The number of nitro groups is 1. The zero-order chi connectivity index (χ0) is 21.7. The van der Waals surface area contributed by atoms with Crippen LogP contribution in [0.4, 0.5) is 11.4 Å². The van der Waals surface area contributed by atoms with E-state index in [1.165, 1.54) is 24.3 Å². The molecule has 1 amide bonds. The van der Waals surface area contributed by atoms with Crippen LogP contribution in [-0.2, 0) is 4.74 Å². The maximum atomic E-state index is 12.3. The number of nitrogens with two attached hydrogens (primary N) is 1. The van der Waals surface area contributed by atoms with E-state index in [1.807, 2.05) is 0 Å². The number of rotatable bonds is 5. The molecule has 0 unspecified atom stereocenters. The van der Waals surface area contributed by atoms with E-state index in [4.69, 9.17) is 15.2 Å². The second-order valence-electron chi connectivity index (χ2n) is 7.15. The van der Waals surface area contributed by atoms with Crippen LogP contribution in [-0.4, -0.2) is 50.3 Å². The first-order valence-corrected chi connectivity index (χ1v) is 9.70. The molecule has 9 heteroatoms. The summed E-state index contributed by atoms with van der Waals surface area (Å²) in [5, 5.41) is 17.0. The van der Waals surface area contributed by atoms with Crippen LogP contribution in [0.1, 0.15) is 23.2 Å². The summed E-state index contributed by atoms with van der Waals surface area (Å²) in [6.45, 7) is 1.67. The maximum absolute atomic E-state index is 12.3. The summed E-state index contributed by atoms with van der Waals surface area (Å²) in [6, 6.07) is 2.51. The van der Waals surface area contributed by atoms with E-state index in [0.29, 0.717) is 0 Å². The SMILES string of the molecule is COC1C2=CC=C1C=C2.COc1cc(N)c([N+](=O)[O-])cc1C(=O)NC1CCNCC1. The van der Waals surface area contributed by atoms with Crippen molar-refractivity contribution in [3.8, 4) is 5.75 Å². The molecule has 1 fully saturated rings. The highest BCUT2D eigenvalue weighted by Crippen LogP contribution is 2.31. The van der Waals surface area contributed by atoms with E-state index < -0.39 is 4.92 Å². The van der Waals surface area contributed by atoms with Crippen LogP contribution in [0, 0.1) is 10.1 Å². The van der Waals surface area contributed by atoms with Gasteiger partial charge in [-0.05, 0) is 37.1 Å².